The van der Waals surface area contributed by atoms with Gasteiger partial charge in [-0.3, -0.25) is 5.43 Å². The van der Waals surface area contributed by atoms with Crippen molar-refractivity contribution in [3.05, 3.63) is 114 Å². The zero-order valence-corrected chi connectivity index (χ0v) is 19.7. The van der Waals surface area contributed by atoms with Crippen LogP contribution >= 0.6 is 0 Å². The molecule has 0 aliphatic carbocycles. The van der Waals surface area contributed by atoms with Crippen LogP contribution in [0.25, 0.3) is 0 Å². The maximum atomic E-state index is 13.0. The molecule has 0 aliphatic rings. The number of aromatic hydroxyl groups is 1. The Morgan fingerprint density at radius 3 is 1.94 bits per heavy atom. The van der Waals surface area contributed by atoms with Crippen LogP contribution in [0.3, 0.4) is 0 Å². The van der Waals surface area contributed by atoms with Crippen molar-refractivity contribution < 1.29 is 18.4 Å². The summed E-state index contributed by atoms with van der Waals surface area (Å²) in [5, 5.41) is 9.55. The van der Waals surface area contributed by atoms with Crippen molar-refractivity contribution in [3.8, 4) is 11.5 Å². The second-order valence-corrected chi connectivity index (χ2v) is 10.3. The highest BCUT2D eigenvalue weighted by molar-refractivity contribution is 7.91. The zero-order valence-electron chi connectivity index (χ0n) is 18.9. The van der Waals surface area contributed by atoms with Crippen LogP contribution in [0.2, 0.25) is 0 Å². The number of hydrazine groups is 1. The van der Waals surface area contributed by atoms with Crippen molar-refractivity contribution in [2.75, 3.05) is 5.43 Å². The molecule has 0 aliphatic heterocycles. The maximum absolute atomic E-state index is 13.0. The summed E-state index contributed by atoms with van der Waals surface area (Å²) in [6.07, 6.45) is 0. The molecular weight excluding hydrogens is 448 g/mol. The molecule has 6 nitrogen and oxygen atoms in total. The highest BCUT2D eigenvalue weighted by Crippen LogP contribution is 2.33. The lowest BCUT2D eigenvalue weighted by molar-refractivity contribution is 0.221. The van der Waals surface area contributed by atoms with E-state index in [2.05, 4.69) is 24.9 Å². The van der Waals surface area contributed by atoms with Crippen molar-refractivity contribution in [1.29, 1.82) is 0 Å². The Morgan fingerprint density at radius 2 is 1.29 bits per heavy atom. The standard InChI is InChI=1S/C27H26N2O4S/c1-27(2,20-12-16-22(30)17-13-20)21-14-18-23(19-15-21)33-29-28-25-10-6-7-11-26(25)34(31,32)24-8-4-3-5-9-24/h3-19,28-30H,1-2H3. The Labute approximate surface area is 199 Å². The molecule has 174 valence electrons. The van der Waals surface area contributed by atoms with E-state index in [0.29, 0.717) is 11.4 Å². The number of nitrogens with one attached hydrogen (secondary N) is 2. The van der Waals surface area contributed by atoms with E-state index in [1.54, 1.807) is 66.7 Å². The van der Waals surface area contributed by atoms with E-state index in [1.165, 1.54) is 0 Å². The first kappa shape index (κ1) is 23.4. The fourth-order valence-electron chi connectivity index (χ4n) is 3.65. The molecule has 0 heterocycles. The molecular formula is C27H26N2O4S. The predicted octanol–water partition coefficient (Wildman–Crippen LogP) is 5.46. The van der Waals surface area contributed by atoms with Crippen LogP contribution in [0.1, 0.15) is 25.0 Å². The van der Waals surface area contributed by atoms with E-state index in [1.807, 2.05) is 36.4 Å². The van der Waals surface area contributed by atoms with Gasteiger partial charge in [-0.25, -0.2) is 8.42 Å². The molecule has 0 atom stereocenters. The van der Waals surface area contributed by atoms with Gasteiger partial charge in [0.05, 0.1) is 15.5 Å². The van der Waals surface area contributed by atoms with Crippen LogP contribution in [0.15, 0.2) is 113 Å². The van der Waals surface area contributed by atoms with Gasteiger partial charge in [-0.1, -0.05) is 74.0 Å². The number of sulfone groups is 1. The normalized spacial score (nSPS) is 11.7. The van der Waals surface area contributed by atoms with E-state index in [-0.39, 0.29) is 21.0 Å². The molecule has 0 saturated carbocycles. The van der Waals surface area contributed by atoms with Gasteiger partial charge in [-0.05, 0) is 59.7 Å². The van der Waals surface area contributed by atoms with Crippen LogP contribution in [0.5, 0.6) is 11.5 Å². The summed E-state index contributed by atoms with van der Waals surface area (Å²) in [5.74, 6) is 0.793. The molecule has 34 heavy (non-hydrogen) atoms. The number of hydrogen-bond donors (Lipinski definition) is 3. The molecule has 7 heteroatoms. The van der Waals surface area contributed by atoms with E-state index in [9.17, 15) is 13.5 Å². The summed E-state index contributed by atoms with van der Waals surface area (Å²) in [6.45, 7) is 4.22. The van der Waals surface area contributed by atoms with Crippen LogP contribution in [-0.4, -0.2) is 13.5 Å². The van der Waals surface area contributed by atoms with Crippen LogP contribution < -0.4 is 15.9 Å². The quantitative estimate of drug-likeness (QED) is 0.294. The van der Waals surface area contributed by atoms with Gasteiger partial charge in [0.25, 0.3) is 0 Å². The van der Waals surface area contributed by atoms with Gasteiger partial charge < -0.3 is 9.94 Å². The van der Waals surface area contributed by atoms with Crippen LogP contribution in [0.4, 0.5) is 5.69 Å². The molecule has 0 unspecified atom stereocenters. The molecule has 0 spiro atoms. The molecule has 4 aromatic carbocycles. The topological polar surface area (TPSA) is 87.7 Å². The van der Waals surface area contributed by atoms with Crippen molar-refractivity contribution in [2.24, 2.45) is 0 Å². The van der Waals surface area contributed by atoms with Crippen molar-refractivity contribution in [3.63, 3.8) is 0 Å². The zero-order chi connectivity index (χ0) is 24.2. The Hall–Kier alpha value is -3.81. The fourth-order valence-corrected chi connectivity index (χ4v) is 5.09. The molecule has 0 radical (unpaired) electrons. The third kappa shape index (κ3) is 4.90. The van der Waals surface area contributed by atoms with Gasteiger partial charge in [0.15, 0.2) is 0 Å². The van der Waals surface area contributed by atoms with Crippen molar-refractivity contribution in [1.82, 2.24) is 5.59 Å². The van der Waals surface area contributed by atoms with Crippen molar-refractivity contribution >= 4 is 15.5 Å². The lowest BCUT2D eigenvalue weighted by atomic mass is 9.78. The summed E-state index contributed by atoms with van der Waals surface area (Å²) in [7, 11) is -3.69. The van der Waals surface area contributed by atoms with E-state index in [0.717, 1.165) is 11.1 Å². The summed E-state index contributed by atoms with van der Waals surface area (Å²) in [4.78, 5) is 5.94. The summed E-state index contributed by atoms with van der Waals surface area (Å²) in [5.41, 5.74) is 7.74. The Balaban J connectivity index is 1.44. The van der Waals surface area contributed by atoms with Gasteiger partial charge in [0, 0.05) is 5.41 Å². The van der Waals surface area contributed by atoms with E-state index in [4.69, 9.17) is 4.84 Å². The smallest absolute Gasteiger partial charge is 0.208 e. The molecule has 0 aromatic heterocycles. The maximum Gasteiger partial charge on any atom is 0.208 e. The molecule has 4 aromatic rings. The van der Waals surface area contributed by atoms with Gasteiger partial charge >= 0.3 is 0 Å². The Morgan fingerprint density at radius 1 is 0.735 bits per heavy atom. The summed E-state index contributed by atoms with van der Waals surface area (Å²) < 4.78 is 26.1. The number of rotatable bonds is 8. The molecule has 0 amide bonds. The molecule has 3 N–H and O–H groups in total. The average molecular weight is 475 g/mol. The van der Waals surface area contributed by atoms with Crippen molar-refractivity contribution in [2.45, 2.75) is 29.1 Å². The van der Waals surface area contributed by atoms with Crippen LogP contribution in [-0.2, 0) is 15.3 Å². The second-order valence-electron chi connectivity index (χ2n) is 8.34. The number of phenolic OH excluding ortho intramolecular Hbond substituents is 1. The fraction of sp³-hybridized carbons (Fsp3) is 0.111. The predicted molar refractivity (Wildman–Crippen MR) is 132 cm³/mol. The van der Waals surface area contributed by atoms with Crippen LogP contribution in [0, 0.1) is 0 Å². The minimum atomic E-state index is -3.69. The van der Waals surface area contributed by atoms with Gasteiger partial charge in [0.2, 0.25) is 9.84 Å². The average Bonchev–Trinajstić information content (AvgIpc) is 2.85. The number of para-hydroxylation sites is 1. The first-order valence-corrected chi connectivity index (χ1v) is 12.2. The highest BCUT2D eigenvalue weighted by atomic mass is 32.2. The number of hydrogen-bond acceptors (Lipinski definition) is 6. The SMILES string of the molecule is CC(C)(c1ccc(O)cc1)c1ccc(ONNc2ccccc2S(=O)(=O)c2ccccc2)cc1. The number of phenols is 1. The largest absolute Gasteiger partial charge is 0.508 e. The lowest BCUT2D eigenvalue weighted by Gasteiger charge is -2.26. The minimum absolute atomic E-state index is 0.142. The number of anilines is 1. The first-order valence-electron chi connectivity index (χ1n) is 10.8. The molecule has 0 bridgehead atoms. The molecule has 4 rings (SSSR count). The van der Waals surface area contributed by atoms with Gasteiger partial charge in [0.1, 0.15) is 11.5 Å². The van der Waals surface area contributed by atoms with Gasteiger partial charge in [-0.15, -0.1) is 0 Å². The van der Waals surface area contributed by atoms with Gasteiger partial charge in [-0.2, -0.15) is 0 Å². The highest BCUT2D eigenvalue weighted by Gasteiger charge is 2.23. The minimum Gasteiger partial charge on any atom is -0.508 e. The van der Waals surface area contributed by atoms with E-state index < -0.39 is 9.84 Å². The second kappa shape index (κ2) is 9.59. The number of benzene rings is 4. The summed E-state index contributed by atoms with van der Waals surface area (Å²) in [6, 6.07) is 29.7. The third-order valence-corrected chi connectivity index (χ3v) is 7.58. The Kier molecular flexibility index (Phi) is 6.58. The first-order chi connectivity index (χ1) is 16.3. The molecule has 0 fully saturated rings. The molecule has 0 saturated heterocycles. The Bertz CT molecular complexity index is 1350. The lowest BCUT2D eigenvalue weighted by Crippen LogP contribution is -2.26. The van der Waals surface area contributed by atoms with E-state index >= 15 is 0 Å². The summed E-state index contributed by atoms with van der Waals surface area (Å²) >= 11 is 0. The monoisotopic (exact) mass is 474 g/mol. The third-order valence-electron chi connectivity index (χ3n) is 5.75.